The third-order valence-corrected chi connectivity index (χ3v) is 3.78. The molecule has 2 aromatic carbocycles. The highest BCUT2D eigenvalue weighted by Crippen LogP contribution is 2.24. The summed E-state index contributed by atoms with van der Waals surface area (Å²) in [5, 5.41) is 18.3. The number of nitro benzene ring substituents is 1. The Morgan fingerprint density at radius 2 is 1.96 bits per heavy atom. The number of hydrogen-bond acceptors (Lipinski definition) is 4. The van der Waals surface area contributed by atoms with Gasteiger partial charge in [0.25, 0.3) is 5.69 Å². The zero-order valence-corrected chi connectivity index (χ0v) is 14.6. The van der Waals surface area contributed by atoms with Gasteiger partial charge in [-0.15, -0.1) is 0 Å². The lowest BCUT2D eigenvalue weighted by molar-refractivity contribution is -0.384. The van der Waals surface area contributed by atoms with E-state index < -0.39 is 4.92 Å². The van der Waals surface area contributed by atoms with Crippen LogP contribution in [0.3, 0.4) is 0 Å². The van der Waals surface area contributed by atoms with E-state index in [1.165, 1.54) is 18.3 Å². The molecule has 0 amide bonds. The topological polar surface area (TPSA) is 79.6 Å². The van der Waals surface area contributed by atoms with Crippen molar-refractivity contribution in [3.63, 3.8) is 0 Å². The lowest BCUT2D eigenvalue weighted by atomic mass is 10.1. The Kier molecular flexibility index (Phi) is 5.83. The number of nitrogens with zero attached hydrogens (tertiary/aromatic N) is 2. The third-order valence-electron chi connectivity index (χ3n) is 3.27. The molecule has 2 rings (SSSR count). The average molecular weight is 363 g/mol. The smallest absolute Gasteiger partial charge is 0.288 e. The Morgan fingerprint density at radius 1 is 1.29 bits per heavy atom. The SMILES string of the molecule is Cc1cccc(C)c1NC(=S)N/N=C\c1ccc(Cl)c([N+](=O)[O-])c1. The van der Waals surface area contributed by atoms with Gasteiger partial charge in [0.2, 0.25) is 0 Å². The Labute approximate surface area is 149 Å². The van der Waals surface area contributed by atoms with Crippen molar-refractivity contribution in [3.8, 4) is 0 Å². The van der Waals surface area contributed by atoms with Crippen LogP contribution in [0.25, 0.3) is 0 Å². The number of anilines is 1. The fourth-order valence-electron chi connectivity index (χ4n) is 2.07. The molecular formula is C16H15ClN4O2S. The first-order valence-corrected chi connectivity index (χ1v) is 7.77. The quantitative estimate of drug-likeness (QED) is 0.369. The third kappa shape index (κ3) is 4.50. The van der Waals surface area contributed by atoms with Crippen LogP contribution in [0.15, 0.2) is 41.5 Å². The van der Waals surface area contributed by atoms with Gasteiger partial charge in [0, 0.05) is 17.3 Å². The van der Waals surface area contributed by atoms with Gasteiger partial charge in [-0.2, -0.15) is 5.10 Å². The molecule has 0 aliphatic carbocycles. The van der Waals surface area contributed by atoms with Crippen LogP contribution in [0.2, 0.25) is 5.02 Å². The first-order chi connectivity index (χ1) is 11.4. The number of halogens is 1. The monoisotopic (exact) mass is 362 g/mol. The maximum Gasteiger partial charge on any atom is 0.288 e. The molecule has 124 valence electrons. The highest BCUT2D eigenvalue weighted by Gasteiger charge is 2.11. The minimum atomic E-state index is -0.541. The Bertz CT molecular complexity index is 803. The minimum Gasteiger partial charge on any atom is -0.331 e. The number of para-hydroxylation sites is 1. The second-order valence-corrected chi connectivity index (χ2v) is 5.87. The van der Waals surface area contributed by atoms with Crippen molar-refractivity contribution in [3.05, 3.63) is 68.2 Å². The molecule has 0 radical (unpaired) electrons. The lowest BCUT2D eigenvalue weighted by Crippen LogP contribution is -2.24. The van der Waals surface area contributed by atoms with Crippen LogP contribution < -0.4 is 10.7 Å². The van der Waals surface area contributed by atoms with Gasteiger partial charge in [-0.05, 0) is 43.3 Å². The summed E-state index contributed by atoms with van der Waals surface area (Å²) < 4.78 is 0. The van der Waals surface area contributed by atoms with Crippen molar-refractivity contribution in [1.82, 2.24) is 5.43 Å². The van der Waals surface area contributed by atoms with E-state index in [1.54, 1.807) is 6.07 Å². The van der Waals surface area contributed by atoms with Crippen LogP contribution in [0.5, 0.6) is 0 Å². The van der Waals surface area contributed by atoms with Crippen molar-refractivity contribution in [2.45, 2.75) is 13.8 Å². The van der Waals surface area contributed by atoms with Gasteiger partial charge < -0.3 is 5.32 Å². The van der Waals surface area contributed by atoms with Gasteiger partial charge >= 0.3 is 0 Å². The fourth-order valence-corrected chi connectivity index (χ4v) is 2.41. The molecule has 2 N–H and O–H groups in total. The number of nitrogens with one attached hydrogen (secondary N) is 2. The first kappa shape index (κ1) is 17.8. The zero-order valence-electron chi connectivity index (χ0n) is 13.0. The molecule has 0 fully saturated rings. The summed E-state index contributed by atoms with van der Waals surface area (Å²) in [6.07, 6.45) is 1.43. The Morgan fingerprint density at radius 3 is 2.58 bits per heavy atom. The first-order valence-electron chi connectivity index (χ1n) is 6.98. The predicted molar refractivity (Wildman–Crippen MR) is 101 cm³/mol. The number of benzene rings is 2. The highest BCUT2D eigenvalue weighted by molar-refractivity contribution is 7.80. The maximum atomic E-state index is 10.9. The molecule has 0 aliphatic rings. The van der Waals surface area contributed by atoms with Crippen LogP contribution in [0.1, 0.15) is 16.7 Å². The molecule has 0 saturated carbocycles. The van der Waals surface area contributed by atoms with Gasteiger partial charge in [-0.25, -0.2) is 0 Å². The van der Waals surface area contributed by atoms with Gasteiger partial charge in [-0.1, -0.05) is 35.9 Å². The molecule has 2 aromatic rings. The summed E-state index contributed by atoms with van der Waals surface area (Å²) >= 11 is 11.0. The summed E-state index contributed by atoms with van der Waals surface area (Å²) in [5.74, 6) is 0. The van der Waals surface area contributed by atoms with Crippen molar-refractivity contribution < 1.29 is 4.92 Å². The number of thiocarbonyl (C=S) groups is 1. The molecule has 0 saturated heterocycles. The molecule has 6 nitrogen and oxygen atoms in total. The molecule has 0 bridgehead atoms. The van der Waals surface area contributed by atoms with Crippen LogP contribution in [-0.2, 0) is 0 Å². The van der Waals surface area contributed by atoms with E-state index in [1.807, 2.05) is 32.0 Å². The summed E-state index contributed by atoms with van der Waals surface area (Å²) in [6, 6.07) is 10.4. The van der Waals surface area contributed by atoms with E-state index in [0.717, 1.165) is 16.8 Å². The summed E-state index contributed by atoms with van der Waals surface area (Å²) in [6.45, 7) is 3.96. The van der Waals surface area contributed by atoms with Crippen molar-refractivity contribution in [2.75, 3.05) is 5.32 Å². The molecule has 0 aliphatic heterocycles. The average Bonchev–Trinajstić information content (AvgIpc) is 2.52. The number of nitro groups is 1. The van der Waals surface area contributed by atoms with Gasteiger partial charge in [0.05, 0.1) is 11.1 Å². The van der Waals surface area contributed by atoms with E-state index in [9.17, 15) is 10.1 Å². The van der Waals surface area contributed by atoms with Gasteiger partial charge in [0.15, 0.2) is 5.11 Å². The molecule has 24 heavy (non-hydrogen) atoms. The van der Waals surface area contributed by atoms with E-state index in [0.29, 0.717) is 10.7 Å². The lowest BCUT2D eigenvalue weighted by Gasteiger charge is -2.12. The molecule has 0 atom stereocenters. The highest BCUT2D eigenvalue weighted by atomic mass is 35.5. The molecule has 0 aromatic heterocycles. The summed E-state index contributed by atoms with van der Waals surface area (Å²) in [7, 11) is 0. The van der Waals surface area contributed by atoms with Crippen molar-refractivity contribution in [2.24, 2.45) is 5.10 Å². The largest absolute Gasteiger partial charge is 0.331 e. The molecule has 0 unspecified atom stereocenters. The Hall–Kier alpha value is -2.51. The van der Waals surface area contributed by atoms with E-state index in [2.05, 4.69) is 15.8 Å². The number of rotatable bonds is 4. The summed E-state index contributed by atoms with van der Waals surface area (Å²) in [4.78, 5) is 10.3. The fraction of sp³-hybridized carbons (Fsp3) is 0.125. The molecule has 0 spiro atoms. The maximum absolute atomic E-state index is 10.9. The molecular weight excluding hydrogens is 348 g/mol. The van der Waals surface area contributed by atoms with Crippen LogP contribution >= 0.6 is 23.8 Å². The van der Waals surface area contributed by atoms with Crippen LogP contribution in [0, 0.1) is 24.0 Å². The predicted octanol–water partition coefficient (Wildman–Crippen LogP) is 4.19. The van der Waals surface area contributed by atoms with Crippen molar-refractivity contribution in [1.29, 1.82) is 0 Å². The van der Waals surface area contributed by atoms with E-state index in [4.69, 9.17) is 23.8 Å². The minimum absolute atomic E-state index is 0.0809. The molecule has 8 heteroatoms. The van der Waals surface area contributed by atoms with E-state index >= 15 is 0 Å². The number of hydrogen-bond donors (Lipinski definition) is 2. The normalized spacial score (nSPS) is 10.6. The van der Waals surface area contributed by atoms with Crippen molar-refractivity contribution >= 4 is 46.5 Å². The van der Waals surface area contributed by atoms with Crippen LogP contribution in [0.4, 0.5) is 11.4 Å². The number of hydrazone groups is 1. The molecule has 0 heterocycles. The standard InChI is InChI=1S/C16H15ClN4O2S/c1-10-4-3-5-11(2)15(10)19-16(24)20-18-9-12-6-7-13(17)14(8-12)21(22)23/h3-9H,1-2H3,(H2,19,20,24)/b18-9-. The zero-order chi connectivity index (χ0) is 17.7. The number of aryl methyl sites for hydroxylation is 2. The van der Waals surface area contributed by atoms with Gasteiger partial charge in [-0.3, -0.25) is 15.5 Å². The van der Waals surface area contributed by atoms with Gasteiger partial charge in [0.1, 0.15) is 5.02 Å². The second-order valence-electron chi connectivity index (χ2n) is 5.06. The summed E-state index contributed by atoms with van der Waals surface area (Å²) in [5.41, 5.74) is 6.11. The second kappa shape index (κ2) is 7.85. The van der Waals surface area contributed by atoms with E-state index in [-0.39, 0.29) is 10.7 Å². The Balaban J connectivity index is 2.03. The van der Waals surface area contributed by atoms with Crippen LogP contribution in [-0.4, -0.2) is 16.3 Å².